The van der Waals surface area contributed by atoms with E-state index in [1.54, 1.807) is 30.3 Å². The van der Waals surface area contributed by atoms with E-state index in [2.05, 4.69) is 17.0 Å². The van der Waals surface area contributed by atoms with Crippen molar-refractivity contribution in [3.63, 3.8) is 0 Å². The highest BCUT2D eigenvalue weighted by Gasteiger charge is 2.31. The first-order chi connectivity index (χ1) is 28.2. The maximum atomic E-state index is 14.5. The number of nitriles is 1. The molecule has 0 N–H and O–H groups in total. The number of rotatable bonds is 6. The molecular formula is C50H30F3N5. The Morgan fingerprint density at radius 3 is 1.81 bits per heavy atom. The first-order valence-electron chi connectivity index (χ1n) is 18.5. The average Bonchev–Trinajstić information content (AvgIpc) is 3.58. The summed E-state index contributed by atoms with van der Waals surface area (Å²) in [6.45, 7) is 9.77. The topological polar surface area (TPSA) is 58.9 Å². The van der Waals surface area contributed by atoms with Gasteiger partial charge in [-0.2, -0.15) is 18.4 Å². The van der Waals surface area contributed by atoms with Crippen LogP contribution in [0.4, 0.5) is 18.9 Å². The van der Waals surface area contributed by atoms with Crippen LogP contribution in [0, 0.1) is 24.8 Å². The Labute approximate surface area is 332 Å². The third-order valence-corrected chi connectivity index (χ3v) is 10.3. The van der Waals surface area contributed by atoms with Gasteiger partial charge in [-0.15, -0.1) is 0 Å². The molecule has 0 unspecified atom stereocenters. The zero-order valence-electron chi connectivity index (χ0n) is 31.0. The Balaban J connectivity index is 1.44. The Morgan fingerprint density at radius 1 is 0.586 bits per heavy atom. The van der Waals surface area contributed by atoms with E-state index >= 15 is 0 Å². The lowest BCUT2D eigenvalue weighted by Crippen LogP contribution is -2.06. The molecule has 8 heteroatoms. The van der Waals surface area contributed by atoms with E-state index < -0.39 is 11.7 Å². The standard InChI is InChI=1S/C50H30F3N5/c1-31-11-9-16-35(23-31)40-26-37(45-29-44(33-12-5-3-6-13-33)56-49(57-45)34-14-7-4-8-15-34)27-41(36-17-10-18-38(25-36)50(51,52)53)48(40)58-46-21-19-32(30-54)24-42(46)43-28-39(55-2)20-22-47(43)58/h3-29H,1H3. The van der Waals surface area contributed by atoms with Gasteiger partial charge < -0.3 is 4.57 Å². The Kier molecular flexibility index (Phi) is 8.88. The van der Waals surface area contributed by atoms with E-state index in [9.17, 15) is 18.4 Å². The predicted octanol–water partition coefficient (Wildman–Crippen LogP) is 13.7. The molecular weight excluding hydrogens is 728 g/mol. The molecule has 58 heavy (non-hydrogen) atoms. The number of alkyl halides is 3. The van der Waals surface area contributed by atoms with Crippen molar-refractivity contribution in [1.82, 2.24) is 14.5 Å². The van der Waals surface area contributed by atoms with Crippen LogP contribution < -0.4 is 0 Å². The van der Waals surface area contributed by atoms with E-state index in [0.717, 1.165) is 55.7 Å². The molecule has 0 saturated carbocycles. The Morgan fingerprint density at radius 2 is 1.17 bits per heavy atom. The Bertz CT molecular complexity index is 3010. The number of nitrogens with zero attached hydrogens (tertiary/aromatic N) is 5. The van der Waals surface area contributed by atoms with Gasteiger partial charge in [0.2, 0.25) is 0 Å². The van der Waals surface area contributed by atoms with Crippen molar-refractivity contribution in [1.29, 1.82) is 5.26 Å². The molecule has 5 nitrogen and oxygen atoms in total. The van der Waals surface area contributed by atoms with Crippen molar-refractivity contribution < 1.29 is 13.2 Å². The molecule has 9 rings (SSSR count). The third-order valence-electron chi connectivity index (χ3n) is 10.3. The minimum absolute atomic E-state index is 0.350. The smallest absolute Gasteiger partial charge is 0.308 e. The largest absolute Gasteiger partial charge is 0.416 e. The first-order valence-corrected chi connectivity index (χ1v) is 18.5. The monoisotopic (exact) mass is 757 g/mol. The molecule has 0 amide bonds. The highest BCUT2D eigenvalue weighted by molar-refractivity contribution is 6.12. The molecule has 0 saturated heterocycles. The normalized spacial score (nSPS) is 11.4. The molecule has 0 bridgehead atoms. The van der Waals surface area contributed by atoms with Gasteiger partial charge >= 0.3 is 6.18 Å². The van der Waals surface area contributed by atoms with Crippen molar-refractivity contribution in [3.8, 4) is 67.9 Å². The second-order valence-corrected chi connectivity index (χ2v) is 14.1. The molecule has 9 aromatic rings. The SMILES string of the molecule is [C-]#[N+]c1ccc2c(c1)c1cc(C#N)ccc1n2-c1c(-c2cccc(C)c2)cc(-c2cc(-c3ccccc3)nc(-c3ccccc3)n2)cc1-c1cccc(C(F)(F)F)c1. The van der Waals surface area contributed by atoms with E-state index in [4.69, 9.17) is 16.5 Å². The van der Waals surface area contributed by atoms with Gasteiger partial charge in [0.1, 0.15) is 0 Å². The minimum Gasteiger partial charge on any atom is -0.308 e. The number of hydrogen-bond acceptors (Lipinski definition) is 3. The number of hydrogen-bond donors (Lipinski definition) is 0. The molecule has 0 radical (unpaired) electrons. The van der Waals surface area contributed by atoms with Crippen LogP contribution in [0.5, 0.6) is 0 Å². The molecule has 2 heterocycles. The van der Waals surface area contributed by atoms with Crippen LogP contribution in [0.2, 0.25) is 0 Å². The summed E-state index contributed by atoms with van der Waals surface area (Å²) in [4.78, 5) is 13.8. The summed E-state index contributed by atoms with van der Waals surface area (Å²) in [5, 5.41) is 11.4. The van der Waals surface area contributed by atoms with Gasteiger partial charge in [-0.25, -0.2) is 14.8 Å². The lowest BCUT2D eigenvalue weighted by atomic mass is 9.90. The van der Waals surface area contributed by atoms with E-state index in [0.29, 0.717) is 50.8 Å². The lowest BCUT2D eigenvalue weighted by molar-refractivity contribution is -0.137. The molecule has 0 atom stereocenters. The van der Waals surface area contributed by atoms with Crippen LogP contribution in [0.1, 0.15) is 16.7 Å². The molecule has 0 aliphatic carbocycles. The number of aromatic nitrogens is 3. The van der Waals surface area contributed by atoms with Crippen LogP contribution in [0.15, 0.2) is 164 Å². The highest BCUT2D eigenvalue weighted by Crippen LogP contribution is 2.45. The summed E-state index contributed by atoms with van der Waals surface area (Å²) in [6.07, 6.45) is -4.59. The van der Waals surface area contributed by atoms with Gasteiger partial charge in [0.15, 0.2) is 11.5 Å². The summed E-state index contributed by atoms with van der Waals surface area (Å²) >= 11 is 0. The van der Waals surface area contributed by atoms with Gasteiger partial charge in [-0.05, 0) is 84.1 Å². The minimum atomic E-state index is -4.59. The summed E-state index contributed by atoms with van der Waals surface area (Å²) in [6, 6.07) is 51.8. The van der Waals surface area contributed by atoms with Crippen LogP contribution in [-0.4, -0.2) is 14.5 Å². The fourth-order valence-corrected chi connectivity index (χ4v) is 7.60. The maximum Gasteiger partial charge on any atom is 0.416 e. The van der Waals surface area contributed by atoms with Crippen molar-refractivity contribution in [2.75, 3.05) is 0 Å². The second-order valence-electron chi connectivity index (χ2n) is 14.1. The maximum absolute atomic E-state index is 14.5. The van der Waals surface area contributed by atoms with E-state index in [1.165, 1.54) is 12.1 Å². The molecule has 0 aliphatic heterocycles. The van der Waals surface area contributed by atoms with Crippen molar-refractivity contribution in [3.05, 3.63) is 192 Å². The zero-order chi connectivity index (χ0) is 40.0. The van der Waals surface area contributed by atoms with Gasteiger partial charge in [0.25, 0.3) is 0 Å². The number of aryl methyl sites for hydroxylation is 1. The number of fused-ring (bicyclic) bond motifs is 3. The Hall–Kier alpha value is -7.81. The van der Waals surface area contributed by atoms with Crippen LogP contribution in [0.3, 0.4) is 0 Å². The molecule has 276 valence electrons. The van der Waals surface area contributed by atoms with Crippen LogP contribution in [-0.2, 0) is 6.18 Å². The molecule has 2 aromatic heterocycles. The first kappa shape index (κ1) is 35.9. The predicted molar refractivity (Wildman–Crippen MR) is 224 cm³/mol. The fourth-order valence-electron chi connectivity index (χ4n) is 7.60. The lowest BCUT2D eigenvalue weighted by Gasteiger charge is -2.22. The van der Waals surface area contributed by atoms with Crippen molar-refractivity contribution in [2.45, 2.75) is 13.1 Å². The summed E-state index contributed by atoms with van der Waals surface area (Å²) in [5.74, 6) is 0.505. The summed E-state index contributed by atoms with van der Waals surface area (Å²) in [7, 11) is 0. The van der Waals surface area contributed by atoms with Crippen molar-refractivity contribution in [2.24, 2.45) is 0 Å². The molecule has 7 aromatic carbocycles. The fraction of sp³-hybridized carbons (Fsp3) is 0.0400. The summed E-state index contributed by atoms with van der Waals surface area (Å²) in [5.41, 5.74) is 9.29. The third kappa shape index (κ3) is 6.53. The number of halogens is 3. The molecule has 0 spiro atoms. The summed E-state index contributed by atoms with van der Waals surface area (Å²) < 4.78 is 45.5. The second kappa shape index (κ2) is 14.4. The molecule has 0 fully saturated rings. The highest BCUT2D eigenvalue weighted by atomic mass is 19.4. The molecule has 0 aliphatic rings. The van der Waals surface area contributed by atoms with Gasteiger partial charge in [0.05, 0.1) is 51.9 Å². The average molecular weight is 758 g/mol. The van der Waals surface area contributed by atoms with Crippen LogP contribution in [0.25, 0.3) is 88.5 Å². The zero-order valence-corrected chi connectivity index (χ0v) is 31.0. The van der Waals surface area contributed by atoms with Gasteiger partial charge in [0, 0.05) is 33.2 Å². The van der Waals surface area contributed by atoms with Crippen LogP contribution >= 0.6 is 0 Å². The van der Waals surface area contributed by atoms with Gasteiger partial charge in [-0.1, -0.05) is 109 Å². The quantitative estimate of drug-likeness (QED) is 0.159. The number of benzene rings is 7. The van der Waals surface area contributed by atoms with Crippen molar-refractivity contribution >= 4 is 27.5 Å². The van der Waals surface area contributed by atoms with Gasteiger partial charge in [-0.3, -0.25) is 0 Å². The van der Waals surface area contributed by atoms with E-state index in [-0.39, 0.29) is 0 Å². The van der Waals surface area contributed by atoms with E-state index in [1.807, 2.05) is 121 Å².